The van der Waals surface area contributed by atoms with E-state index >= 15 is 0 Å². The number of benzene rings is 2. The van der Waals surface area contributed by atoms with Gasteiger partial charge in [0.1, 0.15) is 12.2 Å². The summed E-state index contributed by atoms with van der Waals surface area (Å²) in [5, 5.41) is 12.1. The topological polar surface area (TPSA) is 46.5 Å². The average molecular weight is 374 g/mol. The molecular formula is C25H26O3. The second-order valence-electron chi connectivity index (χ2n) is 8.24. The molecule has 144 valence electrons. The van der Waals surface area contributed by atoms with Gasteiger partial charge in [0.2, 0.25) is 0 Å². The highest BCUT2D eigenvalue weighted by atomic mass is 16.5. The Kier molecular flexibility index (Phi) is 4.51. The van der Waals surface area contributed by atoms with Gasteiger partial charge < -0.3 is 9.84 Å². The highest BCUT2D eigenvalue weighted by Crippen LogP contribution is 2.45. The van der Waals surface area contributed by atoms with E-state index in [1.165, 1.54) is 0 Å². The number of ether oxygens (including phenoxy) is 1. The second-order valence-corrected chi connectivity index (χ2v) is 8.24. The summed E-state index contributed by atoms with van der Waals surface area (Å²) >= 11 is 0. The predicted molar refractivity (Wildman–Crippen MR) is 110 cm³/mol. The Bertz CT molecular complexity index is 959. The van der Waals surface area contributed by atoms with Gasteiger partial charge in [-0.3, -0.25) is 4.79 Å². The maximum atomic E-state index is 12.7. The lowest BCUT2D eigenvalue weighted by Gasteiger charge is -2.40. The van der Waals surface area contributed by atoms with Crippen molar-refractivity contribution in [3.05, 3.63) is 95.1 Å². The van der Waals surface area contributed by atoms with E-state index in [9.17, 15) is 9.90 Å². The van der Waals surface area contributed by atoms with Crippen LogP contribution in [-0.4, -0.2) is 17.7 Å². The lowest BCUT2D eigenvalue weighted by atomic mass is 9.69. The predicted octanol–water partition coefficient (Wildman–Crippen LogP) is 4.72. The van der Waals surface area contributed by atoms with E-state index in [2.05, 4.69) is 19.1 Å². The van der Waals surface area contributed by atoms with Crippen molar-refractivity contribution in [1.29, 1.82) is 0 Å². The lowest BCUT2D eigenvalue weighted by molar-refractivity contribution is -0.147. The molecule has 0 saturated heterocycles. The Balaban J connectivity index is 1.97. The van der Waals surface area contributed by atoms with E-state index in [-0.39, 0.29) is 17.3 Å². The first-order valence-electron chi connectivity index (χ1n) is 9.78. The summed E-state index contributed by atoms with van der Waals surface area (Å²) < 4.78 is 5.67. The van der Waals surface area contributed by atoms with Crippen molar-refractivity contribution < 1.29 is 14.6 Å². The van der Waals surface area contributed by atoms with Crippen molar-refractivity contribution in [2.24, 2.45) is 11.3 Å². The van der Waals surface area contributed by atoms with Crippen molar-refractivity contribution >= 4 is 5.97 Å². The van der Waals surface area contributed by atoms with Crippen LogP contribution in [0.15, 0.2) is 78.4 Å². The van der Waals surface area contributed by atoms with Crippen LogP contribution in [0.2, 0.25) is 0 Å². The number of hydrogen-bond acceptors (Lipinski definition) is 3. The monoisotopic (exact) mass is 374 g/mol. The molecule has 1 aliphatic carbocycles. The summed E-state index contributed by atoms with van der Waals surface area (Å²) in [5.74, 6) is -0.857. The highest BCUT2D eigenvalue weighted by Gasteiger charge is 2.42. The van der Waals surface area contributed by atoms with Gasteiger partial charge in [-0.05, 0) is 37.5 Å². The number of esters is 1. The zero-order valence-electron chi connectivity index (χ0n) is 16.6. The van der Waals surface area contributed by atoms with Gasteiger partial charge in [-0.2, -0.15) is 0 Å². The van der Waals surface area contributed by atoms with Crippen molar-refractivity contribution in [3.63, 3.8) is 0 Å². The van der Waals surface area contributed by atoms with Crippen LogP contribution < -0.4 is 0 Å². The van der Waals surface area contributed by atoms with Crippen LogP contribution >= 0.6 is 0 Å². The van der Waals surface area contributed by atoms with Crippen LogP contribution in [0.3, 0.4) is 0 Å². The maximum Gasteiger partial charge on any atom is 0.313 e. The molecule has 1 unspecified atom stereocenters. The van der Waals surface area contributed by atoms with Gasteiger partial charge in [-0.25, -0.2) is 0 Å². The fourth-order valence-corrected chi connectivity index (χ4v) is 4.16. The summed E-state index contributed by atoms with van der Waals surface area (Å²) in [5.41, 5.74) is 1.96. The van der Waals surface area contributed by atoms with Gasteiger partial charge in [0.05, 0.1) is 5.92 Å². The van der Waals surface area contributed by atoms with Gasteiger partial charge >= 0.3 is 5.97 Å². The molecular weight excluding hydrogens is 348 g/mol. The molecule has 0 saturated carbocycles. The number of fused-ring (bicyclic) bond motifs is 3. The lowest BCUT2D eigenvalue weighted by Crippen LogP contribution is -2.38. The third-order valence-corrected chi connectivity index (χ3v) is 6.39. The normalized spacial score (nSPS) is 32.1. The molecule has 4 bridgehead atoms. The zero-order chi connectivity index (χ0) is 19.9. The summed E-state index contributed by atoms with van der Waals surface area (Å²) in [7, 11) is 0. The smallest absolute Gasteiger partial charge is 0.313 e. The minimum Gasteiger partial charge on any atom is -0.464 e. The largest absolute Gasteiger partial charge is 0.464 e. The quantitative estimate of drug-likeness (QED) is 0.580. The first-order chi connectivity index (χ1) is 13.3. The van der Waals surface area contributed by atoms with E-state index < -0.39 is 11.5 Å². The van der Waals surface area contributed by atoms with E-state index in [1.54, 1.807) is 0 Å². The number of carbonyl (C=O) groups excluding carboxylic acids is 1. The molecule has 0 fully saturated rings. The third kappa shape index (κ3) is 2.91. The van der Waals surface area contributed by atoms with E-state index in [0.717, 1.165) is 22.3 Å². The SMILES string of the molecule is CC1=CC2C=C[C@]1(C)COC(=O)[C@@H](C)c1cccc(c1)[C@]2(O)c1ccccc1. The van der Waals surface area contributed by atoms with Crippen LogP contribution in [0.4, 0.5) is 0 Å². The molecule has 2 aromatic carbocycles. The number of aliphatic hydroxyl groups is 1. The van der Waals surface area contributed by atoms with Crippen molar-refractivity contribution in [2.75, 3.05) is 6.61 Å². The fraction of sp³-hybridized carbons (Fsp3) is 0.320. The second kappa shape index (κ2) is 6.75. The van der Waals surface area contributed by atoms with Gasteiger partial charge in [0.25, 0.3) is 0 Å². The summed E-state index contributed by atoms with van der Waals surface area (Å²) in [6.07, 6.45) is 6.23. The van der Waals surface area contributed by atoms with Gasteiger partial charge in [-0.1, -0.05) is 78.4 Å². The molecule has 3 aliphatic rings. The minimum absolute atomic E-state index is 0.219. The molecule has 4 atom stereocenters. The zero-order valence-corrected chi connectivity index (χ0v) is 16.6. The first kappa shape index (κ1) is 18.7. The molecule has 0 radical (unpaired) electrons. The van der Waals surface area contributed by atoms with Crippen LogP contribution in [0.5, 0.6) is 0 Å². The number of rotatable bonds is 1. The molecule has 3 nitrogen and oxygen atoms in total. The van der Waals surface area contributed by atoms with Crippen LogP contribution in [0.1, 0.15) is 43.4 Å². The van der Waals surface area contributed by atoms with Gasteiger partial charge in [0.15, 0.2) is 0 Å². The molecule has 28 heavy (non-hydrogen) atoms. The Morgan fingerprint density at radius 3 is 2.50 bits per heavy atom. The highest BCUT2D eigenvalue weighted by molar-refractivity contribution is 5.78. The van der Waals surface area contributed by atoms with Crippen LogP contribution in [-0.2, 0) is 15.1 Å². The maximum absolute atomic E-state index is 12.7. The van der Waals surface area contributed by atoms with E-state index in [1.807, 2.05) is 74.5 Å². The Hall–Kier alpha value is -2.65. The summed E-state index contributed by atoms with van der Waals surface area (Å²) in [4.78, 5) is 12.7. The molecule has 1 N–H and O–H groups in total. The van der Waals surface area contributed by atoms with Gasteiger partial charge in [0, 0.05) is 11.3 Å². The summed E-state index contributed by atoms with van der Waals surface area (Å²) in [6, 6.07) is 17.5. The molecule has 2 aliphatic heterocycles. The van der Waals surface area contributed by atoms with Crippen molar-refractivity contribution in [1.82, 2.24) is 0 Å². The van der Waals surface area contributed by atoms with E-state index in [4.69, 9.17) is 4.74 Å². The molecule has 0 spiro atoms. The fourth-order valence-electron chi connectivity index (χ4n) is 4.16. The molecule has 0 amide bonds. The molecule has 5 rings (SSSR count). The molecule has 3 heteroatoms. The average Bonchev–Trinajstić information content (AvgIpc) is 2.73. The Labute approximate surface area is 166 Å². The van der Waals surface area contributed by atoms with Crippen LogP contribution in [0.25, 0.3) is 0 Å². The Morgan fingerprint density at radius 2 is 1.79 bits per heavy atom. The molecule has 0 aromatic heterocycles. The van der Waals surface area contributed by atoms with Crippen molar-refractivity contribution in [2.45, 2.75) is 32.3 Å². The number of carbonyl (C=O) groups is 1. The molecule has 2 aromatic rings. The van der Waals surface area contributed by atoms with Crippen LogP contribution in [0, 0.1) is 11.3 Å². The minimum atomic E-state index is -1.22. The first-order valence-corrected chi connectivity index (χ1v) is 9.78. The third-order valence-electron chi connectivity index (χ3n) is 6.39. The van der Waals surface area contributed by atoms with Gasteiger partial charge in [-0.15, -0.1) is 0 Å². The standard InChI is InChI=1S/C25H26O3/c1-17-14-22-12-13-24(17,3)16-28-23(26)18(2)19-8-7-11-21(15-19)25(22,27)20-9-5-4-6-10-20/h4-15,18,22,27H,16H2,1-3H3/t18-,22?,24+,25+/m0/s1. The number of hydrogen-bond donors (Lipinski definition) is 1. The van der Waals surface area contributed by atoms with Crippen molar-refractivity contribution in [3.8, 4) is 0 Å². The Morgan fingerprint density at radius 1 is 1.07 bits per heavy atom. The molecule has 2 heterocycles. The summed E-state index contributed by atoms with van der Waals surface area (Å²) in [6.45, 7) is 6.26. The van der Waals surface area contributed by atoms with E-state index in [0.29, 0.717) is 6.61 Å².